The molecule has 1 aliphatic heterocycles. The maximum absolute atomic E-state index is 12.6. The van der Waals surface area contributed by atoms with E-state index in [-0.39, 0.29) is 37.6 Å². The molecule has 27 heavy (non-hydrogen) atoms. The minimum absolute atomic E-state index is 0.00609. The van der Waals surface area contributed by atoms with E-state index in [0.29, 0.717) is 11.4 Å². The number of nitrogens with zero attached hydrogens (tertiary/aromatic N) is 2. The molecule has 0 saturated carbocycles. The maximum atomic E-state index is 12.6. The van der Waals surface area contributed by atoms with Crippen LogP contribution < -0.4 is 5.32 Å². The van der Waals surface area contributed by atoms with Gasteiger partial charge in [0.1, 0.15) is 6.04 Å². The van der Waals surface area contributed by atoms with Gasteiger partial charge < -0.3 is 20.3 Å². The third kappa shape index (κ3) is 4.33. The molecule has 2 amide bonds. The fourth-order valence-electron chi connectivity index (χ4n) is 3.18. The topological polar surface area (TPSA) is 115 Å². The van der Waals surface area contributed by atoms with Crippen molar-refractivity contribution in [3.05, 3.63) is 47.5 Å². The lowest BCUT2D eigenvalue weighted by Gasteiger charge is -2.32. The molecule has 142 valence electrons. The highest BCUT2D eigenvalue weighted by Gasteiger charge is 2.35. The van der Waals surface area contributed by atoms with Crippen LogP contribution in [-0.4, -0.2) is 43.8 Å². The largest absolute Gasteiger partial charge is 0.480 e. The minimum atomic E-state index is -1.07. The van der Waals surface area contributed by atoms with Crippen molar-refractivity contribution in [1.82, 2.24) is 14.9 Å². The number of hydrogen-bond donors (Lipinski definition) is 3. The number of aromatic amines is 1. The Kier molecular flexibility index (Phi) is 5.54. The molecule has 3 N–H and O–H groups in total. The van der Waals surface area contributed by atoms with E-state index in [1.165, 1.54) is 11.2 Å². The number of carbonyl (C=O) groups is 3. The van der Waals surface area contributed by atoms with Crippen LogP contribution in [0.3, 0.4) is 0 Å². The van der Waals surface area contributed by atoms with Crippen molar-refractivity contribution in [2.45, 2.75) is 45.2 Å². The predicted octanol–water partition coefficient (Wildman–Crippen LogP) is 1.73. The number of fused-ring (bicyclic) bond motifs is 1. The first-order chi connectivity index (χ1) is 13.0. The first-order valence-electron chi connectivity index (χ1n) is 8.90. The fraction of sp³-hybridized carbons (Fsp3) is 0.368. The molecule has 1 aromatic heterocycles. The van der Waals surface area contributed by atoms with Crippen molar-refractivity contribution in [3.63, 3.8) is 0 Å². The van der Waals surface area contributed by atoms with Crippen LogP contribution in [0.2, 0.25) is 0 Å². The summed E-state index contributed by atoms with van der Waals surface area (Å²) in [7, 11) is 0. The number of amides is 2. The number of rotatable bonds is 6. The van der Waals surface area contributed by atoms with Crippen molar-refractivity contribution in [3.8, 4) is 0 Å². The third-order valence-corrected chi connectivity index (χ3v) is 4.69. The molecular formula is C19H22N4O4. The van der Waals surface area contributed by atoms with E-state index in [2.05, 4.69) is 15.3 Å². The van der Waals surface area contributed by atoms with Gasteiger partial charge in [-0.2, -0.15) is 0 Å². The molecule has 0 spiro atoms. The molecule has 8 heteroatoms. The molecule has 3 rings (SSSR count). The number of imidazole rings is 1. The van der Waals surface area contributed by atoms with Gasteiger partial charge in [-0.05, 0) is 24.1 Å². The molecule has 0 saturated heterocycles. The summed E-state index contributed by atoms with van der Waals surface area (Å²) in [6, 6.07) is 6.57. The number of aliphatic carboxylic acids is 1. The first-order valence-corrected chi connectivity index (χ1v) is 8.90. The lowest BCUT2D eigenvalue weighted by atomic mass is 10.0. The summed E-state index contributed by atoms with van der Waals surface area (Å²) in [6.07, 6.45) is 2.47. The summed E-state index contributed by atoms with van der Waals surface area (Å²) in [5, 5.41) is 12.2. The van der Waals surface area contributed by atoms with Gasteiger partial charge in [0.15, 0.2) is 0 Å². The van der Waals surface area contributed by atoms with Crippen LogP contribution in [0.25, 0.3) is 0 Å². The zero-order chi connectivity index (χ0) is 19.4. The van der Waals surface area contributed by atoms with Crippen molar-refractivity contribution >= 4 is 23.5 Å². The zero-order valence-electron chi connectivity index (χ0n) is 15.1. The average molecular weight is 370 g/mol. The number of carboxylic acid groups (broad SMARTS) is 1. The Morgan fingerprint density at radius 2 is 2.15 bits per heavy atom. The molecule has 0 unspecified atom stereocenters. The van der Waals surface area contributed by atoms with Gasteiger partial charge in [0.25, 0.3) is 0 Å². The Labute approximate surface area is 156 Å². The molecular weight excluding hydrogens is 348 g/mol. The highest BCUT2D eigenvalue weighted by molar-refractivity contribution is 5.94. The van der Waals surface area contributed by atoms with E-state index < -0.39 is 12.0 Å². The minimum Gasteiger partial charge on any atom is -0.480 e. The summed E-state index contributed by atoms with van der Waals surface area (Å²) in [4.78, 5) is 44.6. The molecule has 0 radical (unpaired) electrons. The van der Waals surface area contributed by atoms with E-state index in [9.17, 15) is 19.5 Å². The Bertz CT molecular complexity index is 861. The second-order valence-corrected chi connectivity index (χ2v) is 6.51. The van der Waals surface area contributed by atoms with Gasteiger partial charge in [-0.25, -0.2) is 9.78 Å². The number of nitrogens with one attached hydrogen (secondary N) is 2. The normalized spacial score (nSPS) is 15.9. The molecule has 2 aromatic rings. The van der Waals surface area contributed by atoms with E-state index in [4.69, 9.17) is 0 Å². The van der Waals surface area contributed by atoms with Crippen LogP contribution in [-0.2, 0) is 33.8 Å². The number of aryl methyl sites for hydroxylation is 1. The SMILES string of the molecule is CCc1cccc(NC(=O)CCC(=O)N2Cc3[nH]cnc3C[C@H]2C(=O)O)c1. The number of carbonyl (C=O) groups excluding carboxylic acids is 2. The Morgan fingerprint density at radius 1 is 1.33 bits per heavy atom. The second-order valence-electron chi connectivity index (χ2n) is 6.51. The summed E-state index contributed by atoms with van der Waals surface area (Å²) >= 11 is 0. The van der Waals surface area contributed by atoms with Crippen molar-refractivity contribution in [2.75, 3.05) is 5.32 Å². The highest BCUT2D eigenvalue weighted by Crippen LogP contribution is 2.22. The van der Waals surface area contributed by atoms with Gasteiger partial charge in [-0.1, -0.05) is 19.1 Å². The fourth-order valence-corrected chi connectivity index (χ4v) is 3.18. The smallest absolute Gasteiger partial charge is 0.326 e. The number of benzene rings is 1. The summed E-state index contributed by atoms with van der Waals surface area (Å²) in [5.74, 6) is -1.71. The third-order valence-electron chi connectivity index (χ3n) is 4.69. The van der Waals surface area contributed by atoms with Crippen LogP contribution in [0.15, 0.2) is 30.6 Å². The molecule has 0 aliphatic carbocycles. The van der Waals surface area contributed by atoms with Crippen LogP contribution >= 0.6 is 0 Å². The highest BCUT2D eigenvalue weighted by atomic mass is 16.4. The first kappa shape index (κ1) is 18.6. The number of anilines is 1. The van der Waals surface area contributed by atoms with Gasteiger partial charge >= 0.3 is 5.97 Å². The molecule has 1 aromatic carbocycles. The second kappa shape index (κ2) is 8.03. The standard InChI is InChI=1S/C19H22N4O4/c1-2-12-4-3-5-13(8-12)22-17(24)6-7-18(25)23-10-15-14(20-11-21-15)9-16(23)19(26)27/h3-5,8,11,16H,2,6-7,9-10H2,1H3,(H,20,21)(H,22,24)(H,26,27)/t16-/m0/s1. The summed E-state index contributed by atoms with van der Waals surface area (Å²) < 4.78 is 0. The number of hydrogen-bond acceptors (Lipinski definition) is 4. The van der Waals surface area contributed by atoms with E-state index in [1.807, 2.05) is 25.1 Å². The average Bonchev–Trinajstić information content (AvgIpc) is 3.12. The lowest BCUT2D eigenvalue weighted by Crippen LogP contribution is -2.48. The molecule has 1 atom stereocenters. The van der Waals surface area contributed by atoms with Gasteiger partial charge in [0, 0.05) is 24.9 Å². The monoisotopic (exact) mass is 370 g/mol. The van der Waals surface area contributed by atoms with Crippen LogP contribution in [0.1, 0.15) is 36.7 Å². The van der Waals surface area contributed by atoms with Crippen LogP contribution in [0, 0.1) is 0 Å². The lowest BCUT2D eigenvalue weighted by molar-refractivity contribution is -0.151. The van der Waals surface area contributed by atoms with Crippen molar-refractivity contribution in [2.24, 2.45) is 0 Å². The number of aromatic nitrogens is 2. The van der Waals surface area contributed by atoms with E-state index in [0.717, 1.165) is 17.7 Å². The molecule has 2 heterocycles. The summed E-state index contributed by atoms with van der Waals surface area (Å²) in [5.41, 5.74) is 3.20. The Morgan fingerprint density at radius 3 is 2.89 bits per heavy atom. The van der Waals surface area contributed by atoms with Gasteiger partial charge in [-0.15, -0.1) is 0 Å². The van der Waals surface area contributed by atoms with E-state index >= 15 is 0 Å². The Balaban J connectivity index is 1.59. The molecule has 8 nitrogen and oxygen atoms in total. The summed E-state index contributed by atoms with van der Waals surface area (Å²) in [6.45, 7) is 2.19. The van der Waals surface area contributed by atoms with Gasteiger partial charge in [-0.3, -0.25) is 9.59 Å². The zero-order valence-corrected chi connectivity index (χ0v) is 15.1. The van der Waals surface area contributed by atoms with Crippen molar-refractivity contribution in [1.29, 1.82) is 0 Å². The quantitative estimate of drug-likeness (QED) is 0.716. The van der Waals surface area contributed by atoms with Gasteiger partial charge in [0.05, 0.1) is 24.3 Å². The molecule has 0 fully saturated rings. The van der Waals surface area contributed by atoms with Gasteiger partial charge in [0.2, 0.25) is 11.8 Å². The predicted molar refractivity (Wildman–Crippen MR) is 97.9 cm³/mol. The Hall–Kier alpha value is -3.16. The maximum Gasteiger partial charge on any atom is 0.326 e. The number of H-pyrrole nitrogens is 1. The molecule has 1 aliphatic rings. The number of carboxylic acids is 1. The van der Waals surface area contributed by atoms with Crippen LogP contribution in [0.5, 0.6) is 0 Å². The van der Waals surface area contributed by atoms with E-state index in [1.54, 1.807) is 6.07 Å². The van der Waals surface area contributed by atoms with Crippen LogP contribution in [0.4, 0.5) is 5.69 Å². The van der Waals surface area contributed by atoms with Crippen molar-refractivity contribution < 1.29 is 19.5 Å². The molecule has 0 bridgehead atoms.